The lowest BCUT2D eigenvalue weighted by atomic mass is 10.1. The monoisotopic (exact) mass is 292 g/mol. The summed E-state index contributed by atoms with van der Waals surface area (Å²) in [6.07, 6.45) is 0.730. The van der Waals surface area contributed by atoms with E-state index in [-0.39, 0.29) is 11.6 Å². The van der Waals surface area contributed by atoms with Crippen LogP contribution in [0.3, 0.4) is 0 Å². The second-order valence-corrected chi connectivity index (χ2v) is 5.65. The summed E-state index contributed by atoms with van der Waals surface area (Å²) in [5.41, 5.74) is 2.25. The molecule has 0 spiro atoms. The Morgan fingerprint density at radius 2 is 2.00 bits per heavy atom. The van der Waals surface area contributed by atoms with Crippen molar-refractivity contribution in [3.63, 3.8) is 0 Å². The van der Waals surface area contributed by atoms with E-state index in [0.717, 1.165) is 12.0 Å². The molecule has 0 fully saturated rings. The van der Waals surface area contributed by atoms with Gasteiger partial charge >= 0.3 is 0 Å². The van der Waals surface area contributed by atoms with Crippen LogP contribution < -0.4 is 9.80 Å². The van der Waals surface area contributed by atoms with E-state index in [2.05, 4.69) is 0 Å². The Hall–Kier alpha value is -2.15. The van der Waals surface area contributed by atoms with Gasteiger partial charge in [-0.15, -0.1) is 0 Å². The van der Waals surface area contributed by atoms with Crippen LogP contribution in [0, 0.1) is 10.1 Å². The molecule has 1 aliphatic rings. The molecule has 7 nitrogen and oxygen atoms in total. The Kier molecular flexibility index (Phi) is 4.13. The lowest BCUT2D eigenvalue weighted by Gasteiger charge is -2.20. The third-order valence-electron chi connectivity index (χ3n) is 3.50. The molecule has 7 heteroatoms. The molecule has 0 aromatic heterocycles. The van der Waals surface area contributed by atoms with Crippen molar-refractivity contribution in [2.75, 3.05) is 51.1 Å². The number of hydrogen-bond acceptors (Lipinski definition) is 5. The number of amides is 1. The lowest BCUT2D eigenvalue weighted by Crippen LogP contribution is -2.36. The number of rotatable bonds is 4. The number of nitro groups is 1. The zero-order chi connectivity index (χ0) is 15.7. The van der Waals surface area contributed by atoms with Crippen LogP contribution in [0.15, 0.2) is 12.1 Å². The Morgan fingerprint density at radius 3 is 2.52 bits per heavy atom. The third kappa shape index (κ3) is 2.97. The van der Waals surface area contributed by atoms with E-state index < -0.39 is 4.92 Å². The molecule has 1 aliphatic heterocycles. The van der Waals surface area contributed by atoms with Gasteiger partial charge in [0, 0.05) is 26.7 Å². The Morgan fingerprint density at radius 1 is 1.33 bits per heavy atom. The fraction of sp³-hybridized carbons (Fsp3) is 0.500. The highest BCUT2D eigenvalue weighted by atomic mass is 16.6. The Labute approximate surface area is 123 Å². The molecule has 0 atom stereocenters. The average Bonchev–Trinajstić information content (AvgIpc) is 2.78. The molecule has 114 valence electrons. The van der Waals surface area contributed by atoms with Crippen LogP contribution in [0.2, 0.25) is 0 Å². The van der Waals surface area contributed by atoms with Crippen molar-refractivity contribution in [1.29, 1.82) is 0 Å². The summed E-state index contributed by atoms with van der Waals surface area (Å²) >= 11 is 0. The van der Waals surface area contributed by atoms with Crippen LogP contribution in [0.5, 0.6) is 0 Å². The number of benzene rings is 1. The number of hydrogen-bond donors (Lipinski definition) is 0. The first-order chi connectivity index (χ1) is 9.81. The fourth-order valence-electron chi connectivity index (χ4n) is 2.53. The molecule has 0 saturated carbocycles. The van der Waals surface area contributed by atoms with Crippen molar-refractivity contribution in [2.45, 2.75) is 6.42 Å². The molecule has 1 heterocycles. The minimum absolute atomic E-state index is 0.0308. The molecule has 0 radical (unpaired) electrons. The Bertz CT molecular complexity index is 584. The van der Waals surface area contributed by atoms with Gasteiger partial charge in [0.15, 0.2) is 0 Å². The standard InChI is InChI=1S/C14H20N4O3/c1-15(2)9-14(19)17-6-5-10-7-12(16(3)4)13(18(20)21)8-11(10)17/h7-8H,5-6,9H2,1-4H3. The maximum atomic E-state index is 12.2. The summed E-state index contributed by atoms with van der Waals surface area (Å²) in [5, 5.41) is 11.2. The minimum Gasteiger partial charge on any atom is -0.372 e. The second-order valence-electron chi connectivity index (χ2n) is 5.65. The normalized spacial score (nSPS) is 13.5. The predicted molar refractivity (Wildman–Crippen MR) is 82.0 cm³/mol. The smallest absolute Gasteiger partial charge is 0.294 e. The second kappa shape index (κ2) is 5.69. The van der Waals surface area contributed by atoms with E-state index >= 15 is 0 Å². The van der Waals surface area contributed by atoms with E-state index in [9.17, 15) is 14.9 Å². The van der Waals surface area contributed by atoms with Crippen molar-refractivity contribution in [2.24, 2.45) is 0 Å². The highest BCUT2D eigenvalue weighted by molar-refractivity contribution is 5.97. The molecule has 2 rings (SSSR count). The van der Waals surface area contributed by atoms with Gasteiger partial charge in [-0.1, -0.05) is 0 Å². The minimum atomic E-state index is -0.400. The number of carbonyl (C=O) groups is 1. The molecule has 21 heavy (non-hydrogen) atoms. The maximum absolute atomic E-state index is 12.2. The molecule has 0 N–H and O–H groups in total. The SMILES string of the molecule is CN(C)CC(=O)N1CCc2cc(N(C)C)c([N+](=O)[O-])cc21. The molecule has 0 unspecified atom stereocenters. The first kappa shape index (κ1) is 15.2. The number of likely N-dealkylation sites (N-methyl/N-ethyl adjacent to an activating group) is 1. The van der Waals surface area contributed by atoms with Gasteiger partial charge in [-0.05, 0) is 32.1 Å². The average molecular weight is 292 g/mol. The maximum Gasteiger partial charge on any atom is 0.294 e. The van der Waals surface area contributed by atoms with Crippen LogP contribution in [0.1, 0.15) is 5.56 Å². The zero-order valence-electron chi connectivity index (χ0n) is 12.8. The van der Waals surface area contributed by atoms with Crippen LogP contribution in [0.4, 0.5) is 17.1 Å². The highest BCUT2D eigenvalue weighted by Crippen LogP contribution is 2.38. The summed E-state index contributed by atoms with van der Waals surface area (Å²) in [4.78, 5) is 28.2. The summed E-state index contributed by atoms with van der Waals surface area (Å²) in [5.74, 6) is -0.0364. The Balaban J connectivity index is 2.42. The molecule has 0 bridgehead atoms. The third-order valence-corrected chi connectivity index (χ3v) is 3.50. The summed E-state index contributed by atoms with van der Waals surface area (Å²) in [6, 6.07) is 3.33. The van der Waals surface area contributed by atoms with Gasteiger partial charge in [-0.25, -0.2) is 0 Å². The number of anilines is 2. The fourth-order valence-corrected chi connectivity index (χ4v) is 2.53. The molecule has 1 aromatic rings. The van der Waals surface area contributed by atoms with Crippen molar-refractivity contribution >= 4 is 23.0 Å². The van der Waals surface area contributed by atoms with Gasteiger partial charge in [0.05, 0.1) is 17.2 Å². The van der Waals surface area contributed by atoms with Gasteiger partial charge in [0.2, 0.25) is 5.91 Å². The molecule has 1 amide bonds. The molecule has 1 aromatic carbocycles. The summed E-state index contributed by atoms with van der Waals surface area (Å²) in [6.45, 7) is 0.874. The largest absolute Gasteiger partial charge is 0.372 e. The first-order valence-corrected chi connectivity index (χ1v) is 6.75. The van der Waals surface area contributed by atoms with E-state index in [1.807, 2.05) is 20.2 Å². The predicted octanol–water partition coefficient (Wildman–Crippen LogP) is 1.11. The number of carbonyl (C=O) groups excluding carboxylic acids is 1. The topological polar surface area (TPSA) is 69.9 Å². The van der Waals surface area contributed by atoms with Crippen LogP contribution >= 0.6 is 0 Å². The zero-order valence-corrected chi connectivity index (χ0v) is 12.8. The van der Waals surface area contributed by atoms with E-state index in [0.29, 0.717) is 24.5 Å². The van der Waals surface area contributed by atoms with Crippen LogP contribution in [0.25, 0.3) is 0 Å². The lowest BCUT2D eigenvalue weighted by molar-refractivity contribution is -0.384. The van der Waals surface area contributed by atoms with E-state index in [1.54, 1.807) is 28.8 Å². The summed E-state index contributed by atoms with van der Waals surface area (Å²) < 4.78 is 0. The number of fused-ring (bicyclic) bond motifs is 1. The van der Waals surface area contributed by atoms with Crippen molar-refractivity contribution in [1.82, 2.24) is 4.90 Å². The number of nitrogens with zero attached hydrogens (tertiary/aromatic N) is 4. The van der Waals surface area contributed by atoms with E-state index in [1.165, 1.54) is 6.07 Å². The number of nitro benzene ring substituents is 1. The van der Waals surface area contributed by atoms with Gasteiger partial charge in [0.1, 0.15) is 5.69 Å². The first-order valence-electron chi connectivity index (χ1n) is 6.75. The van der Waals surface area contributed by atoms with Crippen molar-refractivity contribution in [3.8, 4) is 0 Å². The van der Waals surface area contributed by atoms with Gasteiger partial charge < -0.3 is 14.7 Å². The van der Waals surface area contributed by atoms with Crippen LogP contribution in [-0.4, -0.2) is 57.0 Å². The molecule has 0 aliphatic carbocycles. The summed E-state index contributed by atoms with van der Waals surface area (Å²) in [7, 11) is 7.20. The van der Waals surface area contributed by atoms with Gasteiger partial charge in [-0.3, -0.25) is 14.9 Å². The van der Waals surface area contributed by atoms with Crippen LogP contribution in [-0.2, 0) is 11.2 Å². The van der Waals surface area contributed by atoms with Gasteiger partial charge in [-0.2, -0.15) is 0 Å². The van der Waals surface area contributed by atoms with E-state index in [4.69, 9.17) is 0 Å². The highest BCUT2D eigenvalue weighted by Gasteiger charge is 2.29. The molecular weight excluding hydrogens is 272 g/mol. The molecule has 0 saturated heterocycles. The quantitative estimate of drug-likeness (QED) is 0.614. The van der Waals surface area contributed by atoms with Crippen molar-refractivity contribution in [3.05, 3.63) is 27.8 Å². The van der Waals surface area contributed by atoms with Gasteiger partial charge in [0.25, 0.3) is 5.69 Å². The molecular formula is C14H20N4O3. The van der Waals surface area contributed by atoms with Crippen molar-refractivity contribution < 1.29 is 9.72 Å².